The van der Waals surface area contributed by atoms with Gasteiger partial charge < -0.3 is 20.1 Å². The molecule has 0 fully saturated rings. The van der Waals surface area contributed by atoms with Crippen LogP contribution in [0.25, 0.3) is 0 Å². The Kier molecular flexibility index (Phi) is 7.37. The van der Waals surface area contributed by atoms with E-state index in [1.807, 2.05) is 30.3 Å². The monoisotopic (exact) mass is 418 g/mol. The summed E-state index contributed by atoms with van der Waals surface area (Å²) < 4.78 is 10.7. The Balaban J connectivity index is 1.46. The predicted octanol–water partition coefficient (Wildman–Crippen LogP) is 4.02. The molecule has 2 amide bonds. The van der Waals surface area contributed by atoms with E-state index in [4.69, 9.17) is 9.47 Å². The Morgan fingerprint density at radius 1 is 0.806 bits per heavy atom. The second-order valence-electron chi connectivity index (χ2n) is 6.68. The van der Waals surface area contributed by atoms with Crippen molar-refractivity contribution in [1.29, 1.82) is 0 Å². The van der Waals surface area contributed by atoms with Crippen LogP contribution in [0.15, 0.2) is 78.9 Å². The first-order valence-electron chi connectivity index (χ1n) is 9.61. The number of hydrogen-bond donors (Lipinski definition) is 2. The van der Waals surface area contributed by atoms with Gasteiger partial charge in [-0.1, -0.05) is 36.4 Å². The molecule has 0 heterocycles. The van der Waals surface area contributed by atoms with Crippen LogP contribution in [0.4, 0.5) is 11.4 Å². The van der Waals surface area contributed by atoms with E-state index < -0.39 is 18.5 Å². The van der Waals surface area contributed by atoms with Gasteiger partial charge in [-0.25, -0.2) is 4.79 Å². The van der Waals surface area contributed by atoms with Crippen LogP contribution < -0.4 is 15.4 Å². The van der Waals surface area contributed by atoms with E-state index in [-0.39, 0.29) is 5.91 Å². The minimum atomic E-state index is -0.599. The van der Waals surface area contributed by atoms with Crippen molar-refractivity contribution in [2.45, 2.75) is 13.5 Å². The van der Waals surface area contributed by atoms with Gasteiger partial charge in [-0.3, -0.25) is 9.59 Å². The molecule has 0 aliphatic carbocycles. The highest BCUT2D eigenvalue weighted by atomic mass is 16.5. The quantitative estimate of drug-likeness (QED) is 0.539. The Bertz CT molecular complexity index is 1050. The Labute approximate surface area is 180 Å². The van der Waals surface area contributed by atoms with Crippen LogP contribution in [0, 0.1) is 0 Å². The first kappa shape index (κ1) is 21.6. The standard InChI is InChI=1S/C24H22N2O5/c1-17(27)25-20-6-5-7-21(14-20)26-23(28)16-31-24(29)19-12-10-18(11-13-19)15-30-22-8-3-2-4-9-22/h2-14H,15-16H2,1H3,(H,25,27)(H,26,28). The first-order valence-corrected chi connectivity index (χ1v) is 9.61. The number of hydrogen-bond acceptors (Lipinski definition) is 5. The molecule has 0 aliphatic heterocycles. The van der Waals surface area contributed by atoms with Crippen molar-refractivity contribution in [3.63, 3.8) is 0 Å². The van der Waals surface area contributed by atoms with Crippen LogP contribution in [0.3, 0.4) is 0 Å². The third-order valence-electron chi connectivity index (χ3n) is 4.14. The maximum Gasteiger partial charge on any atom is 0.338 e. The van der Waals surface area contributed by atoms with Crippen molar-refractivity contribution in [2.24, 2.45) is 0 Å². The summed E-state index contributed by atoms with van der Waals surface area (Å²) in [5.74, 6) is -0.534. The van der Waals surface area contributed by atoms with Gasteiger partial charge >= 0.3 is 5.97 Å². The van der Waals surface area contributed by atoms with Crippen LogP contribution in [-0.2, 0) is 20.9 Å². The Morgan fingerprint density at radius 2 is 1.48 bits per heavy atom. The molecule has 0 aromatic heterocycles. The summed E-state index contributed by atoms with van der Waals surface area (Å²) in [6, 6.07) is 22.9. The molecule has 7 nitrogen and oxygen atoms in total. The van der Waals surface area contributed by atoms with E-state index in [1.54, 1.807) is 48.5 Å². The molecule has 0 saturated carbocycles. The van der Waals surface area contributed by atoms with Crippen molar-refractivity contribution < 1.29 is 23.9 Å². The highest BCUT2D eigenvalue weighted by molar-refractivity contribution is 5.96. The highest BCUT2D eigenvalue weighted by Gasteiger charge is 2.11. The SMILES string of the molecule is CC(=O)Nc1cccc(NC(=O)COC(=O)c2ccc(COc3ccccc3)cc2)c1. The minimum absolute atomic E-state index is 0.213. The summed E-state index contributed by atoms with van der Waals surface area (Å²) >= 11 is 0. The second-order valence-corrected chi connectivity index (χ2v) is 6.68. The van der Waals surface area contributed by atoms with Crippen LogP contribution in [0.1, 0.15) is 22.8 Å². The van der Waals surface area contributed by atoms with Crippen LogP contribution >= 0.6 is 0 Å². The maximum atomic E-state index is 12.2. The zero-order valence-electron chi connectivity index (χ0n) is 17.0. The normalized spacial score (nSPS) is 10.1. The van der Waals surface area contributed by atoms with E-state index in [9.17, 15) is 14.4 Å². The van der Waals surface area contributed by atoms with Gasteiger partial charge in [0.15, 0.2) is 6.61 Å². The van der Waals surface area contributed by atoms with Crippen LogP contribution in [-0.4, -0.2) is 24.4 Å². The van der Waals surface area contributed by atoms with Crippen molar-refractivity contribution >= 4 is 29.2 Å². The lowest BCUT2D eigenvalue weighted by molar-refractivity contribution is -0.119. The number of carbonyl (C=O) groups is 3. The van der Waals surface area contributed by atoms with Crippen molar-refractivity contribution in [3.05, 3.63) is 90.0 Å². The molecule has 0 spiro atoms. The lowest BCUT2D eigenvalue weighted by atomic mass is 10.1. The highest BCUT2D eigenvalue weighted by Crippen LogP contribution is 2.15. The van der Waals surface area contributed by atoms with Gasteiger partial charge in [0, 0.05) is 18.3 Å². The minimum Gasteiger partial charge on any atom is -0.489 e. The van der Waals surface area contributed by atoms with E-state index >= 15 is 0 Å². The largest absolute Gasteiger partial charge is 0.489 e. The number of para-hydroxylation sites is 1. The van der Waals surface area contributed by atoms with Gasteiger partial charge in [0.1, 0.15) is 12.4 Å². The van der Waals surface area contributed by atoms with E-state index in [0.29, 0.717) is 23.5 Å². The fourth-order valence-corrected chi connectivity index (χ4v) is 2.71. The van der Waals surface area contributed by atoms with Gasteiger partial charge in [0.05, 0.1) is 5.56 Å². The number of esters is 1. The molecule has 3 rings (SSSR count). The van der Waals surface area contributed by atoms with Gasteiger partial charge in [0.2, 0.25) is 5.91 Å². The molecule has 0 saturated heterocycles. The smallest absolute Gasteiger partial charge is 0.338 e. The lowest BCUT2D eigenvalue weighted by Crippen LogP contribution is -2.21. The van der Waals surface area contributed by atoms with Crippen LogP contribution in [0.2, 0.25) is 0 Å². The lowest BCUT2D eigenvalue weighted by Gasteiger charge is -2.09. The van der Waals surface area contributed by atoms with E-state index in [0.717, 1.165) is 11.3 Å². The van der Waals surface area contributed by atoms with Gasteiger partial charge in [-0.05, 0) is 48.0 Å². The zero-order valence-corrected chi connectivity index (χ0v) is 17.0. The van der Waals surface area contributed by atoms with Gasteiger partial charge in [-0.2, -0.15) is 0 Å². The Morgan fingerprint density at radius 3 is 2.16 bits per heavy atom. The fourth-order valence-electron chi connectivity index (χ4n) is 2.71. The maximum absolute atomic E-state index is 12.2. The van der Waals surface area contributed by atoms with Crippen LogP contribution in [0.5, 0.6) is 5.75 Å². The molecule has 31 heavy (non-hydrogen) atoms. The summed E-state index contributed by atoms with van der Waals surface area (Å²) in [7, 11) is 0. The third-order valence-corrected chi connectivity index (χ3v) is 4.14. The molecule has 3 aromatic rings. The third kappa shape index (κ3) is 7.01. The molecule has 0 aliphatic rings. The molecule has 158 valence electrons. The number of ether oxygens (including phenoxy) is 2. The second kappa shape index (κ2) is 10.6. The summed E-state index contributed by atoms with van der Waals surface area (Å²) in [6.45, 7) is 1.34. The van der Waals surface area contributed by atoms with E-state index in [1.165, 1.54) is 6.92 Å². The molecule has 7 heteroatoms. The number of carbonyl (C=O) groups excluding carboxylic acids is 3. The first-order chi connectivity index (χ1) is 15.0. The number of amides is 2. The molecule has 2 N–H and O–H groups in total. The van der Waals surface area contributed by atoms with E-state index in [2.05, 4.69) is 10.6 Å². The predicted molar refractivity (Wildman–Crippen MR) is 117 cm³/mol. The number of nitrogens with one attached hydrogen (secondary N) is 2. The number of rotatable bonds is 8. The molecule has 0 atom stereocenters. The summed E-state index contributed by atoms with van der Waals surface area (Å²) in [5, 5.41) is 5.25. The van der Waals surface area contributed by atoms with Gasteiger partial charge in [-0.15, -0.1) is 0 Å². The summed E-state index contributed by atoms with van der Waals surface area (Å²) in [5.41, 5.74) is 2.27. The van der Waals surface area contributed by atoms with Crippen molar-refractivity contribution in [2.75, 3.05) is 17.2 Å². The average Bonchev–Trinajstić information content (AvgIpc) is 2.77. The fraction of sp³-hybridized carbons (Fsp3) is 0.125. The molecule has 3 aromatic carbocycles. The zero-order chi connectivity index (χ0) is 22.1. The number of benzene rings is 3. The molecule has 0 bridgehead atoms. The summed E-state index contributed by atoms with van der Waals surface area (Å²) in [4.78, 5) is 35.4. The molecular formula is C24H22N2O5. The van der Waals surface area contributed by atoms with Gasteiger partial charge in [0.25, 0.3) is 5.91 Å². The average molecular weight is 418 g/mol. The topological polar surface area (TPSA) is 93.7 Å². The summed E-state index contributed by atoms with van der Waals surface area (Å²) in [6.07, 6.45) is 0. The Hall–Kier alpha value is -4.13. The van der Waals surface area contributed by atoms with Crippen molar-refractivity contribution in [3.8, 4) is 5.75 Å². The number of anilines is 2. The molecule has 0 radical (unpaired) electrons. The molecular weight excluding hydrogens is 396 g/mol. The van der Waals surface area contributed by atoms with Crippen molar-refractivity contribution in [1.82, 2.24) is 0 Å². The molecule has 0 unspecified atom stereocenters.